The lowest BCUT2D eigenvalue weighted by atomic mass is 10.0. The van der Waals surface area contributed by atoms with Gasteiger partial charge in [0.2, 0.25) is 11.4 Å². The summed E-state index contributed by atoms with van der Waals surface area (Å²) in [6, 6.07) is 13.2. The summed E-state index contributed by atoms with van der Waals surface area (Å²) in [7, 11) is 4.50. The number of hydrogen-bond donors (Lipinski definition) is 2. The Hall–Kier alpha value is -3.40. The van der Waals surface area contributed by atoms with E-state index in [0.29, 0.717) is 36.5 Å². The molecule has 53 heavy (non-hydrogen) atoms. The molecule has 0 saturated carbocycles. The first-order valence-corrected chi connectivity index (χ1v) is 21.2. The van der Waals surface area contributed by atoms with Crippen molar-refractivity contribution in [2.75, 3.05) is 45.8 Å². The first-order chi connectivity index (χ1) is 25.4. The van der Waals surface area contributed by atoms with Gasteiger partial charge in [-0.3, -0.25) is 19.7 Å². The number of hydrogen-bond acceptors (Lipinski definition) is 8. The van der Waals surface area contributed by atoms with Crippen LogP contribution in [0.4, 0.5) is 16.2 Å². The molecule has 0 fully saturated rings. The minimum Gasteiger partial charge on any atom is -0.434 e. The molecule has 2 aromatic rings. The second-order valence-electron chi connectivity index (χ2n) is 15.0. The Morgan fingerprint density at radius 3 is 1.74 bits per heavy atom. The van der Waals surface area contributed by atoms with Gasteiger partial charge in [-0.1, -0.05) is 102 Å². The predicted molar refractivity (Wildman–Crippen MR) is 213 cm³/mol. The lowest BCUT2D eigenvalue weighted by Gasteiger charge is -2.23. The van der Waals surface area contributed by atoms with Gasteiger partial charge >= 0.3 is 6.16 Å². The first-order valence-electron chi connectivity index (χ1n) is 19.7. The van der Waals surface area contributed by atoms with Crippen molar-refractivity contribution >= 4 is 37.1 Å². The lowest BCUT2D eigenvalue weighted by Crippen LogP contribution is -2.39. The van der Waals surface area contributed by atoms with Gasteiger partial charge in [0.1, 0.15) is 20.4 Å². The van der Waals surface area contributed by atoms with Crippen LogP contribution in [0.5, 0.6) is 5.75 Å². The molecule has 0 saturated heterocycles. The normalized spacial score (nSPS) is 11.9. The van der Waals surface area contributed by atoms with E-state index in [0.717, 1.165) is 24.9 Å². The summed E-state index contributed by atoms with van der Waals surface area (Å²) in [6.07, 6.45) is 22.4. The van der Waals surface area contributed by atoms with E-state index in [1.54, 1.807) is 0 Å². The molecule has 296 valence electrons. The van der Waals surface area contributed by atoms with Crippen LogP contribution in [0.25, 0.3) is 0 Å². The largest absolute Gasteiger partial charge is 0.513 e. The van der Waals surface area contributed by atoms with Crippen molar-refractivity contribution in [2.24, 2.45) is 0 Å². The molecule has 1 unspecified atom stereocenters. The van der Waals surface area contributed by atoms with Crippen LogP contribution in [-0.4, -0.2) is 72.3 Å². The van der Waals surface area contributed by atoms with Gasteiger partial charge in [0, 0.05) is 24.2 Å². The van der Waals surface area contributed by atoms with Gasteiger partial charge in [0.15, 0.2) is 0 Å². The van der Waals surface area contributed by atoms with Crippen molar-refractivity contribution in [3.8, 4) is 5.75 Å². The first kappa shape index (κ1) is 45.8. The fourth-order valence-electron chi connectivity index (χ4n) is 5.96. The zero-order chi connectivity index (χ0) is 38.7. The Balaban J connectivity index is 1.35. The van der Waals surface area contributed by atoms with Crippen molar-refractivity contribution in [1.82, 2.24) is 0 Å². The topological polar surface area (TPSA) is 145 Å². The number of aryl methyl sites for hydroxylation is 1. The summed E-state index contributed by atoms with van der Waals surface area (Å²) in [5.41, 5.74) is 1.98. The van der Waals surface area contributed by atoms with Gasteiger partial charge in [-0.25, -0.2) is 4.79 Å². The number of unbranched alkanes of at least 4 members (excludes halogenated alkanes) is 16. The monoisotopic (exact) mass is 758 g/mol. The van der Waals surface area contributed by atoms with Gasteiger partial charge in [-0.15, -0.1) is 0 Å². The Kier molecular flexibility index (Phi) is 23.5. The van der Waals surface area contributed by atoms with Crippen LogP contribution in [0, 0.1) is 10.1 Å². The van der Waals surface area contributed by atoms with Crippen LogP contribution in [0.15, 0.2) is 48.5 Å². The Morgan fingerprint density at radius 1 is 0.717 bits per heavy atom. The van der Waals surface area contributed by atoms with Crippen molar-refractivity contribution in [2.45, 2.75) is 128 Å². The van der Waals surface area contributed by atoms with Gasteiger partial charge in [0.05, 0.1) is 32.7 Å². The zero-order valence-corrected chi connectivity index (χ0v) is 33.4. The molecule has 2 N–H and O–H groups in total. The standard InChI is InChI=1S/C41H64N3O8P/c1-44(2,3)34-40(46)53(50)33-21-17-15-13-11-9-7-5-4-6-8-10-12-14-16-18-22-35-24-26-36(27-25-35)42-39(45)23-19-20-32-51-41(47)52-38-30-28-37(29-31-38)43(48)49/h24-31,50H,4-23,32-34H2,1-3H3/p+1. The molecule has 0 aliphatic carbocycles. The Bertz CT molecular complexity index is 1330. The van der Waals surface area contributed by atoms with Crippen molar-refractivity contribution < 1.29 is 38.2 Å². The second-order valence-corrected chi connectivity index (χ2v) is 16.8. The predicted octanol–water partition coefficient (Wildman–Crippen LogP) is 10.3. The molecule has 0 heterocycles. The number of carbonyl (C=O) groups excluding carboxylic acids is 3. The molecule has 0 radical (unpaired) electrons. The molecule has 0 spiro atoms. The molecule has 1 atom stereocenters. The van der Waals surface area contributed by atoms with Crippen LogP contribution in [0.2, 0.25) is 0 Å². The number of carbonyl (C=O) groups is 3. The molecule has 0 aliphatic rings. The van der Waals surface area contributed by atoms with E-state index in [1.807, 2.05) is 33.3 Å². The van der Waals surface area contributed by atoms with E-state index in [2.05, 4.69) is 17.4 Å². The molecule has 12 heteroatoms. The van der Waals surface area contributed by atoms with Crippen LogP contribution >= 0.6 is 8.15 Å². The number of amides is 1. The van der Waals surface area contributed by atoms with Gasteiger partial charge < -0.3 is 24.2 Å². The maximum Gasteiger partial charge on any atom is 0.513 e. The van der Waals surface area contributed by atoms with Gasteiger partial charge in [0.25, 0.3) is 5.69 Å². The maximum atomic E-state index is 12.3. The Labute approximate surface area is 318 Å². The quantitative estimate of drug-likeness (QED) is 0.0152. The lowest BCUT2D eigenvalue weighted by molar-refractivity contribution is -0.861. The highest BCUT2D eigenvalue weighted by Gasteiger charge is 2.22. The third-order valence-electron chi connectivity index (χ3n) is 8.99. The van der Waals surface area contributed by atoms with Gasteiger partial charge in [-0.05, 0) is 68.1 Å². The molecule has 2 aromatic carbocycles. The minimum atomic E-state index is -1.45. The molecule has 0 aliphatic heterocycles. The SMILES string of the molecule is C[N+](C)(C)CC(=O)P(O)CCCCCCCCCCCCCCCCCCc1ccc(NC(=O)CCCCOC(=O)Oc2ccc([N+](=O)[O-])cc2)cc1. The summed E-state index contributed by atoms with van der Waals surface area (Å²) in [5, 5.41) is 13.6. The highest BCUT2D eigenvalue weighted by molar-refractivity contribution is 7.69. The average molecular weight is 759 g/mol. The van der Waals surface area contributed by atoms with Crippen LogP contribution in [0.1, 0.15) is 128 Å². The highest BCUT2D eigenvalue weighted by Crippen LogP contribution is 2.33. The summed E-state index contributed by atoms with van der Waals surface area (Å²) in [5.74, 6) is 0.0632. The molecule has 2 rings (SSSR count). The summed E-state index contributed by atoms with van der Waals surface area (Å²) in [6.45, 7) is 0.523. The molecule has 11 nitrogen and oxygen atoms in total. The maximum absolute atomic E-state index is 12.3. The number of anilines is 1. The van der Waals surface area contributed by atoms with E-state index in [-0.39, 0.29) is 29.5 Å². The van der Waals surface area contributed by atoms with E-state index in [4.69, 9.17) is 9.47 Å². The number of non-ortho nitro benzene ring substituents is 1. The minimum absolute atomic E-state index is 0.0281. The number of quaternary nitrogens is 1. The smallest absolute Gasteiger partial charge is 0.434 e. The summed E-state index contributed by atoms with van der Waals surface area (Å²) < 4.78 is 10.6. The molecular formula is C41H65N3O8P+. The van der Waals surface area contributed by atoms with E-state index >= 15 is 0 Å². The highest BCUT2D eigenvalue weighted by atomic mass is 31.1. The molecule has 0 aromatic heterocycles. The fraction of sp³-hybridized carbons (Fsp3) is 0.634. The van der Waals surface area contributed by atoms with E-state index in [1.165, 1.54) is 120 Å². The number of likely N-dealkylation sites (N-methyl/N-ethyl adjacent to an activating group) is 1. The van der Waals surface area contributed by atoms with Crippen molar-refractivity contribution in [3.05, 3.63) is 64.2 Å². The average Bonchev–Trinajstić information content (AvgIpc) is 3.11. The summed E-state index contributed by atoms with van der Waals surface area (Å²) >= 11 is 0. The number of nitrogens with zero attached hydrogens (tertiary/aromatic N) is 2. The number of nitro groups is 1. The zero-order valence-electron chi connectivity index (χ0n) is 32.5. The number of ether oxygens (including phenoxy) is 2. The summed E-state index contributed by atoms with van der Waals surface area (Å²) in [4.78, 5) is 56.4. The van der Waals surface area contributed by atoms with Crippen LogP contribution in [-0.2, 0) is 20.7 Å². The number of nitrogens with one attached hydrogen (secondary N) is 1. The Morgan fingerprint density at radius 2 is 1.23 bits per heavy atom. The van der Waals surface area contributed by atoms with E-state index in [9.17, 15) is 29.4 Å². The molecule has 0 bridgehead atoms. The van der Waals surface area contributed by atoms with Gasteiger partial charge in [-0.2, -0.15) is 0 Å². The number of benzene rings is 2. The third kappa shape index (κ3) is 23.8. The van der Waals surface area contributed by atoms with Crippen molar-refractivity contribution in [3.63, 3.8) is 0 Å². The fourth-order valence-corrected chi connectivity index (χ4v) is 7.32. The van der Waals surface area contributed by atoms with E-state index < -0.39 is 19.2 Å². The van der Waals surface area contributed by atoms with Crippen molar-refractivity contribution in [1.29, 1.82) is 0 Å². The number of rotatable bonds is 30. The second kappa shape index (κ2) is 27.2. The van der Waals surface area contributed by atoms with Crippen LogP contribution in [0.3, 0.4) is 0 Å². The third-order valence-corrected chi connectivity index (χ3v) is 10.4. The number of nitro benzene ring substituents is 1. The molecular weight excluding hydrogens is 693 g/mol. The molecule has 1 amide bonds. The van der Waals surface area contributed by atoms with Crippen LogP contribution < -0.4 is 10.1 Å².